The highest BCUT2D eigenvalue weighted by atomic mass is 16.1. The minimum absolute atomic E-state index is 0.0939. The van der Waals surface area contributed by atoms with Gasteiger partial charge in [0, 0.05) is 25.1 Å². The van der Waals surface area contributed by atoms with E-state index in [1.165, 1.54) is 0 Å². The molecule has 0 fully saturated rings. The van der Waals surface area contributed by atoms with E-state index in [0.29, 0.717) is 0 Å². The molecule has 0 aliphatic heterocycles. The maximum absolute atomic E-state index is 11.8. The van der Waals surface area contributed by atoms with E-state index in [-0.39, 0.29) is 18.0 Å². The Morgan fingerprint density at radius 1 is 1.38 bits per heavy atom. The summed E-state index contributed by atoms with van der Waals surface area (Å²) in [5.41, 5.74) is 1.77. The molecule has 2 aromatic rings. The average molecular weight is 216 g/mol. The van der Waals surface area contributed by atoms with Crippen molar-refractivity contribution >= 4 is 5.78 Å². The second-order valence-corrected chi connectivity index (χ2v) is 3.57. The Kier molecular flexibility index (Phi) is 2.76. The van der Waals surface area contributed by atoms with Crippen LogP contribution < -0.4 is 0 Å². The third-order valence-corrected chi connectivity index (χ3v) is 2.26. The summed E-state index contributed by atoms with van der Waals surface area (Å²) in [7, 11) is 1.82. The lowest BCUT2D eigenvalue weighted by Gasteiger charge is -1.99. The van der Waals surface area contributed by atoms with Crippen LogP contribution in [-0.2, 0) is 13.5 Å². The molecule has 82 valence electrons. The quantitative estimate of drug-likeness (QED) is 0.716. The molecule has 0 atom stereocenters. The Balaban J connectivity index is 2.17. The van der Waals surface area contributed by atoms with Crippen molar-refractivity contribution in [3.05, 3.63) is 41.7 Å². The van der Waals surface area contributed by atoms with Crippen LogP contribution in [0.3, 0.4) is 0 Å². The van der Waals surface area contributed by atoms with E-state index in [4.69, 9.17) is 0 Å². The predicted octanol–water partition coefficient (Wildman–Crippen LogP) is 0.944. The summed E-state index contributed by atoms with van der Waals surface area (Å²) < 4.78 is 1.70. The normalized spacial score (nSPS) is 10.4. The van der Waals surface area contributed by atoms with E-state index < -0.39 is 0 Å². The van der Waals surface area contributed by atoms with Gasteiger partial charge in [0.1, 0.15) is 0 Å². The lowest BCUT2D eigenvalue weighted by atomic mass is 10.2. The van der Waals surface area contributed by atoms with E-state index in [0.717, 1.165) is 11.4 Å². The van der Waals surface area contributed by atoms with Gasteiger partial charge in [0.25, 0.3) is 0 Å². The number of aromatic nitrogens is 4. The molecule has 2 heterocycles. The summed E-state index contributed by atoms with van der Waals surface area (Å²) in [5, 5.41) is 4.18. The molecule has 0 unspecified atom stereocenters. The standard InChI is InChI=1S/C11H12N4O/c1-8-6-9(15(2)14-8)7-10(16)11-12-4-3-5-13-11/h3-6H,7H2,1-2H3. The van der Waals surface area contributed by atoms with Crippen molar-refractivity contribution < 1.29 is 4.79 Å². The summed E-state index contributed by atoms with van der Waals surface area (Å²) in [6.45, 7) is 1.90. The maximum Gasteiger partial charge on any atom is 0.205 e. The number of carbonyl (C=O) groups excluding carboxylic acids is 1. The molecule has 0 spiro atoms. The molecule has 2 aromatic heterocycles. The van der Waals surface area contributed by atoms with Gasteiger partial charge in [0.2, 0.25) is 5.78 Å². The van der Waals surface area contributed by atoms with Crippen molar-refractivity contribution in [3.63, 3.8) is 0 Å². The zero-order valence-corrected chi connectivity index (χ0v) is 9.21. The fourth-order valence-electron chi connectivity index (χ4n) is 1.52. The number of ketones is 1. The molecule has 0 saturated heterocycles. The molecule has 0 radical (unpaired) electrons. The van der Waals surface area contributed by atoms with Crippen LogP contribution in [0.5, 0.6) is 0 Å². The number of hydrogen-bond acceptors (Lipinski definition) is 4. The smallest absolute Gasteiger partial charge is 0.205 e. The van der Waals surface area contributed by atoms with Gasteiger partial charge in [0.05, 0.1) is 12.1 Å². The molecule has 0 aromatic carbocycles. The van der Waals surface area contributed by atoms with E-state index >= 15 is 0 Å². The number of aryl methyl sites for hydroxylation is 2. The van der Waals surface area contributed by atoms with E-state index in [2.05, 4.69) is 15.1 Å². The monoisotopic (exact) mass is 216 g/mol. The summed E-state index contributed by atoms with van der Waals surface area (Å²) in [6.07, 6.45) is 3.41. The first-order chi connectivity index (χ1) is 7.66. The Morgan fingerprint density at radius 3 is 2.62 bits per heavy atom. The third kappa shape index (κ3) is 2.13. The average Bonchev–Trinajstić information content (AvgIpc) is 2.59. The third-order valence-electron chi connectivity index (χ3n) is 2.26. The largest absolute Gasteiger partial charge is 0.290 e. The number of rotatable bonds is 3. The Morgan fingerprint density at radius 2 is 2.06 bits per heavy atom. The molecule has 16 heavy (non-hydrogen) atoms. The van der Waals surface area contributed by atoms with Crippen LogP contribution in [0, 0.1) is 6.92 Å². The van der Waals surface area contributed by atoms with Crippen LogP contribution in [0.25, 0.3) is 0 Å². The van der Waals surface area contributed by atoms with E-state index in [1.807, 2.05) is 20.0 Å². The van der Waals surface area contributed by atoms with Gasteiger partial charge in [-0.05, 0) is 19.1 Å². The van der Waals surface area contributed by atoms with Crippen molar-refractivity contribution in [2.45, 2.75) is 13.3 Å². The van der Waals surface area contributed by atoms with Crippen molar-refractivity contribution in [3.8, 4) is 0 Å². The number of nitrogens with zero attached hydrogens (tertiary/aromatic N) is 4. The molecule has 0 N–H and O–H groups in total. The maximum atomic E-state index is 11.8. The first-order valence-corrected chi connectivity index (χ1v) is 4.96. The van der Waals surface area contributed by atoms with Crippen LogP contribution >= 0.6 is 0 Å². The van der Waals surface area contributed by atoms with E-state index in [9.17, 15) is 4.79 Å². The summed E-state index contributed by atoms with van der Waals surface area (Å²) in [6, 6.07) is 3.58. The van der Waals surface area contributed by atoms with Crippen LogP contribution in [0.4, 0.5) is 0 Å². The first kappa shape index (κ1) is 10.5. The van der Waals surface area contributed by atoms with Crippen LogP contribution in [0.2, 0.25) is 0 Å². The molecular weight excluding hydrogens is 204 g/mol. The molecule has 0 saturated carbocycles. The highest BCUT2D eigenvalue weighted by Crippen LogP contribution is 2.05. The van der Waals surface area contributed by atoms with Crippen LogP contribution in [0.1, 0.15) is 22.0 Å². The van der Waals surface area contributed by atoms with Gasteiger partial charge < -0.3 is 0 Å². The molecule has 0 bridgehead atoms. The zero-order valence-electron chi connectivity index (χ0n) is 9.21. The van der Waals surface area contributed by atoms with Gasteiger partial charge >= 0.3 is 0 Å². The lowest BCUT2D eigenvalue weighted by Crippen LogP contribution is -2.10. The van der Waals surface area contributed by atoms with Crippen molar-refractivity contribution in [2.24, 2.45) is 7.05 Å². The van der Waals surface area contributed by atoms with Gasteiger partial charge in [-0.2, -0.15) is 5.10 Å². The van der Waals surface area contributed by atoms with E-state index in [1.54, 1.807) is 23.1 Å². The van der Waals surface area contributed by atoms with Crippen LogP contribution in [0.15, 0.2) is 24.5 Å². The van der Waals surface area contributed by atoms with Gasteiger partial charge in [-0.3, -0.25) is 9.48 Å². The topological polar surface area (TPSA) is 60.7 Å². The molecule has 0 amide bonds. The Labute approximate surface area is 93.2 Å². The Hall–Kier alpha value is -2.04. The number of carbonyl (C=O) groups is 1. The molecular formula is C11H12N4O. The number of Topliss-reactive ketones (excluding diaryl/α,β-unsaturated/α-hetero) is 1. The fraction of sp³-hybridized carbons (Fsp3) is 0.273. The van der Waals surface area contributed by atoms with Crippen molar-refractivity contribution in [2.75, 3.05) is 0 Å². The highest BCUT2D eigenvalue weighted by molar-refractivity contribution is 5.93. The number of hydrogen-bond donors (Lipinski definition) is 0. The highest BCUT2D eigenvalue weighted by Gasteiger charge is 2.12. The van der Waals surface area contributed by atoms with Gasteiger partial charge in [0.15, 0.2) is 5.82 Å². The second-order valence-electron chi connectivity index (χ2n) is 3.57. The minimum atomic E-state index is -0.0939. The molecule has 5 nitrogen and oxygen atoms in total. The molecule has 0 aliphatic rings. The van der Waals surface area contributed by atoms with Gasteiger partial charge in [-0.15, -0.1) is 0 Å². The molecule has 0 aliphatic carbocycles. The van der Waals surface area contributed by atoms with Crippen molar-refractivity contribution in [1.29, 1.82) is 0 Å². The second kappa shape index (κ2) is 4.22. The Bertz CT molecular complexity index is 504. The lowest BCUT2D eigenvalue weighted by molar-refractivity contribution is 0.0980. The summed E-state index contributed by atoms with van der Waals surface area (Å²) in [4.78, 5) is 19.7. The summed E-state index contributed by atoms with van der Waals surface area (Å²) in [5.74, 6) is 0.157. The molecule has 2 rings (SSSR count). The first-order valence-electron chi connectivity index (χ1n) is 4.96. The fourth-order valence-corrected chi connectivity index (χ4v) is 1.52. The molecule has 5 heteroatoms. The SMILES string of the molecule is Cc1cc(CC(=O)c2ncccn2)n(C)n1. The van der Waals surface area contributed by atoms with Crippen LogP contribution in [-0.4, -0.2) is 25.5 Å². The summed E-state index contributed by atoms with van der Waals surface area (Å²) >= 11 is 0. The minimum Gasteiger partial charge on any atom is -0.290 e. The van der Waals surface area contributed by atoms with Crippen molar-refractivity contribution in [1.82, 2.24) is 19.7 Å². The predicted molar refractivity (Wildman–Crippen MR) is 58.0 cm³/mol. The van der Waals surface area contributed by atoms with Gasteiger partial charge in [-0.25, -0.2) is 9.97 Å². The van der Waals surface area contributed by atoms with Gasteiger partial charge in [-0.1, -0.05) is 0 Å². The zero-order chi connectivity index (χ0) is 11.5.